The number of rotatable bonds is 5. The molecule has 0 radical (unpaired) electrons. The van der Waals surface area contributed by atoms with E-state index in [1.807, 2.05) is 0 Å². The van der Waals surface area contributed by atoms with Gasteiger partial charge in [0.15, 0.2) is 0 Å². The van der Waals surface area contributed by atoms with Gasteiger partial charge < -0.3 is 9.80 Å². The molecule has 1 fully saturated rings. The fourth-order valence-corrected chi connectivity index (χ4v) is 4.18. The molecule has 0 spiro atoms. The minimum atomic E-state index is -4.73. The van der Waals surface area contributed by atoms with Gasteiger partial charge in [0.05, 0.1) is 21.1 Å². The maximum Gasteiger partial charge on any atom is 0.416 e. The molecule has 172 valence electrons. The first-order chi connectivity index (χ1) is 14.8. The molecule has 0 aliphatic carbocycles. The molecule has 1 heterocycles. The van der Waals surface area contributed by atoms with Crippen molar-refractivity contribution in [3.05, 3.63) is 62.2 Å². The summed E-state index contributed by atoms with van der Waals surface area (Å²) >= 11 is 0. The molecule has 15 heteroatoms. The fraction of sp³-hybridized carbons (Fsp3) is 0.294. The molecule has 2 aromatic carbocycles. The van der Waals surface area contributed by atoms with Crippen LogP contribution in [0.15, 0.2) is 41.3 Å². The summed E-state index contributed by atoms with van der Waals surface area (Å²) in [5, 5.41) is 27.5. The van der Waals surface area contributed by atoms with Crippen LogP contribution >= 0.6 is 0 Å². The van der Waals surface area contributed by atoms with Crippen LogP contribution in [0.3, 0.4) is 0 Å². The van der Waals surface area contributed by atoms with Crippen LogP contribution in [0.25, 0.3) is 0 Å². The van der Waals surface area contributed by atoms with Crippen molar-refractivity contribution in [1.29, 1.82) is 0 Å². The zero-order chi connectivity index (χ0) is 23.8. The number of nitrogens with two attached hydrogens (primary N) is 1. The second-order valence-electron chi connectivity index (χ2n) is 6.89. The van der Waals surface area contributed by atoms with Crippen LogP contribution in [0.5, 0.6) is 0 Å². The number of primary sulfonamides is 1. The minimum absolute atomic E-state index is 0.00183. The summed E-state index contributed by atoms with van der Waals surface area (Å²) in [4.78, 5) is 23.3. The first kappa shape index (κ1) is 23.2. The van der Waals surface area contributed by atoms with Crippen LogP contribution < -0.4 is 14.9 Å². The zero-order valence-corrected chi connectivity index (χ0v) is 17.0. The molecule has 0 bridgehead atoms. The number of piperazine rings is 1. The van der Waals surface area contributed by atoms with Gasteiger partial charge in [-0.15, -0.1) is 0 Å². The SMILES string of the molecule is NS(=O)(=O)c1cc([N+](=O)[O-])ccc1N1CCN(c2ccc(C(F)(F)F)cc2[N+](=O)[O-])CC1. The predicted octanol–water partition coefficient (Wildman–Crippen LogP) is 2.50. The first-order valence-electron chi connectivity index (χ1n) is 8.96. The first-order valence-corrected chi connectivity index (χ1v) is 10.5. The van der Waals surface area contributed by atoms with E-state index in [9.17, 15) is 41.8 Å². The molecule has 0 saturated carbocycles. The van der Waals surface area contributed by atoms with E-state index in [4.69, 9.17) is 5.14 Å². The maximum absolute atomic E-state index is 12.9. The van der Waals surface area contributed by atoms with Crippen molar-refractivity contribution in [3.63, 3.8) is 0 Å². The number of nitro groups is 2. The van der Waals surface area contributed by atoms with Crippen LogP contribution in [-0.4, -0.2) is 44.4 Å². The van der Waals surface area contributed by atoms with E-state index < -0.39 is 47.9 Å². The van der Waals surface area contributed by atoms with Gasteiger partial charge >= 0.3 is 6.18 Å². The Labute approximate surface area is 179 Å². The molecule has 1 aliphatic rings. The third-order valence-electron chi connectivity index (χ3n) is 4.92. The lowest BCUT2D eigenvalue weighted by Gasteiger charge is -2.37. The second kappa shape index (κ2) is 8.23. The molecule has 0 atom stereocenters. The highest BCUT2D eigenvalue weighted by Gasteiger charge is 2.34. The topological polar surface area (TPSA) is 153 Å². The zero-order valence-electron chi connectivity index (χ0n) is 16.2. The average Bonchev–Trinajstić information content (AvgIpc) is 2.71. The molecule has 32 heavy (non-hydrogen) atoms. The van der Waals surface area contributed by atoms with Gasteiger partial charge in [-0.3, -0.25) is 20.2 Å². The van der Waals surface area contributed by atoms with Gasteiger partial charge in [0, 0.05) is 44.4 Å². The van der Waals surface area contributed by atoms with Gasteiger partial charge in [-0.1, -0.05) is 0 Å². The minimum Gasteiger partial charge on any atom is -0.367 e. The van der Waals surface area contributed by atoms with E-state index in [-0.39, 0.29) is 37.6 Å². The van der Waals surface area contributed by atoms with Gasteiger partial charge in [0.1, 0.15) is 10.6 Å². The van der Waals surface area contributed by atoms with Gasteiger partial charge in [0.25, 0.3) is 11.4 Å². The van der Waals surface area contributed by atoms with Crippen LogP contribution in [0.1, 0.15) is 5.56 Å². The van der Waals surface area contributed by atoms with Crippen LogP contribution in [-0.2, 0) is 16.2 Å². The summed E-state index contributed by atoms with van der Waals surface area (Å²) in [6.07, 6.45) is -4.73. The summed E-state index contributed by atoms with van der Waals surface area (Å²) < 4.78 is 62.6. The third kappa shape index (κ3) is 4.72. The smallest absolute Gasteiger partial charge is 0.367 e. The highest BCUT2D eigenvalue weighted by atomic mass is 32.2. The number of non-ortho nitro benzene ring substituents is 1. The Morgan fingerprint density at radius 2 is 1.41 bits per heavy atom. The van der Waals surface area contributed by atoms with E-state index in [1.54, 1.807) is 4.90 Å². The Morgan fingerprint density at radius 3 is 1.88 bits per heavy atom. The number of hydrogen-bond donors (Lipinski definition) is 1. The van der Waals surface area contributed by atoms with Crippen molar-refractivity contribution < 1.29 is 31.4 Å². The third-order valence-corrected chi connectivity index (χ3v) is 5.86. The van der Waals surface area contributed by atoms with E-state index in [1.165, 1.54) is 11.0 Å². The Hall–Kier alpha value is -3.46. The van der Waals surface area contributed by atoms with Gasteiger partial charge in [-0.2, -0.15) is 13.2 Å². The van der Waals surface area contributed by atoms with Gasteiger partial charge in [-0.05, 0) is 18.2 Å². The van der Waals surface area contributed by atoms with Crippen molar-refractivity contribution in [1.82, 2.24) is 0 Å². The predicted molar refractivity (Wildman–Crippen MR) is 107 cm³/mol. The Balaban J connectivity index is 1.88. The molecule has 2 aromatic rings. The highest BCUT2D eigenvalue weighted by Crippen LogP contribution is 2.37. The molecule has 11 nitrogen and oxygen atoms in total. The van der Waals surface area contributed by atoms with Crippen molar-refractivity contribution in [3.8, 4) is 0 Å². The largest absolute Gasteiger partial charge is 0.416 e. The van der Waals surface area contributed by atoms with Crippen molar-refractivity contribution in [2.75, 3.05) is 36.0 Å². The fourth-order valence-electron chi connectivity index (χ4n) is 3.41. The number of sulfonamides is 1. The van der Waals surface area contributed by atoms with Crippen LogP contribution in [0.2, 0.25) is 0 Å². The monoisotopic (exact) mass is 475 g/mol. The van der Waals surface area contributed by atoms with Crippen molar-refractivity contribution in [2.24, 2.45) is 5.14 Å². The van der Waals surface area contributed by atoms with E-state index >= 15 is 0 Å². The maximum atomic E-state index is 12.9. The summed E-state index contributed by atoms with van der Waals surface area (Å²) in [7, 11) is -4.30. The highest BCUT2D eigenvalue weighted by molar-refractivity contribution is 7.89. The summed E-state index contributed by atoms with van der Waals surface area (Å²) in [5.41, 5.74) is -2.18. The second-order valence-corrected chi connectivity index (χ2v) is 8.42. The summed E-state index contributed by atoms with van der Waals surface area (Å²) in [5.74, 6) is 0. The molecule has 0 unspecified atom stereocenters. The lowest BCUT2D eigenvalue weighted by Crippen LogP contribution is -2.47. The molecule has 0 amide bonds. The number of anilines is 2. The number of halogens is 3. The number of alkyl halides is 3. The lowest BCUT2D eigenvalue weighted by atomic mass is 10.1. The van der Waals surface area contributed by atoms with E-state index in [0.29, 0.717) is 6.07 Å². The quantitative estimate of drug-likeness (QED) is 0.511. The Morgan fingerprint density at radius 1 is 0.875 bits per heavy atom. The van der Waals surface area contributed by atoms with E-state index in [0.717, 1.165) is 24.3 Å². The summed E-state index contributed by atoms with van der Waals surface area (Å²) in [6.45, 7) is 0.511. The van der Waals surface area contributed by atoms with Crippen LogP contribution in [0, 0.1) is 20.2 Å². The number of nitro benzene ring substituents is 2. The molecule has 0 aromatic heterocycles. The molecule has 3 rings (SSSR count). The summed E-state index contributed by atoms with van der Waals surface area (Å²) in [6, 6.07) is 5.46. The molecule has 2 N–H and O–H groups in total. The van der Waals surface area contributed by atoms with Crippen molar-refractivity contribution in [2.45, 2.75) is 11.1 Å². The molecular formula is C17H16F3N5O6S. The molecular weight excluding hydrogens is 459 g/mol. The number of hydrogen-bond acceptors (Lipinski definition) is 8. The Bertz CT molecular complexity index is 1180. The van der Waals surface area contributed by atoms with Crippen LogP contribution in [0.4, 0.5) is 35.9 Å². The number of nitrogens with zero attached hydrogens (tertiary/aromatic N) is 4. The number of benzene rings is 2. The molecule has 1 saturated heterocycles. The Kier molecular flexibility index (Phi) is 5.97. The van der Waals surface area contributed by atoms with E-state index in [2.05, 4.69) is 0 Å². The normalized spacial score (nSPS) is 15.0. The lowest BCUT2D eigenvalue weighted by molar-refractivity contribution is -0.385. The standard InChI is InChI=1S/C17H16F3N5O6S/c18-17(19,20)11-1-3-13(15(9-11)25(28)29)22-5-7-23(8-6-22)14-4-2-12(24(26)27)10-16(14)32(21,30)31/h1-4,9-10H,5-8H2,(H2,21,30,31). The van der Waals surface area contributed by atoms with Crippen molar-refractivity contribution >= 4 is 32.8 Å². The van der Waals surface area contributed by atoms with Gasteiger partial charge in [-0.25, -0.2) is 13.6 Å². The average molecular weight is 475 g/mol. The molecule has 1 aliphatic heterocycles. The van der Waals surface area contributed by atoms with Gasteiger partial charge in [0.2, 0.25) is 10.0 Å².